The van der Waals surface area contributed by atoms with Crippen LogP contribution >= 0.6 is 0 Å². The lowest BCUT2D eigenvalue weighted by Crippen LogP contribution is -2.29. The van der Waals surface area contributed by atoms with Crippen LogP contribution in [0.1, 0.15) is 24.9 Å². The van der Waals surface area contributed by atoms with Crippen molar-refractivity contribution in [1.29, 1.82) is 0 Å². The zero-order chi connectivity index (χ0) is 20.5. The summed E-state index contributed by atoms with van der Waals surface area (Å²) < 4.78 is 26.2. The number of hydrogen-bond acceptors (Lipinski definition) is 4. The SMILES string of the molecule is C[C@@H](NC(=O)CCn1c(=O)n(C)c2ccccc21)c1ccc(S(C)(=O)=O)cc1. The van der Waals surface area contributed by atoms with E-state index in [9.17, 15) is 18.0 Å². The molecule has 1 N–H and O–H groups in total. The van der Waals surface area contributed by atoms with Crippen molar-refractivity contribution in [1.82, 2.24) is 14.5 Å². The van der Waals surface area contributed by atoms with Crippen LogP contribution in [0.2, 0.25) is 0 Å². The normalized spacial score (nSPS) is 12.8. The molecular weight excluding hydrogens is 378 g/mol. The third kappa shape index (κ3) is 4.01. The molecule has 0 fully saturated rings. The number of imidazole rings is 1. The predicted molar refractivity (Wildman–Crippen MR) is 108 cm³/mol. The molecular formula is C20H23N3O4S. The number of amides is 1. The second-order valence-corrected chi connectivity index (χ2v) is 8.88. The van der Waals surface area contributed by atoms with Crippen LogP contribution in [0.3, 0.4) is 0 Å². The van der Waals surface area contributed by atoms with Gasteiger partial charge in [-0.05, 0) is 36.8 Å². The Morgan fingerprint density at radius 3 is 2.29 bits per heavy atom. The van der Waals surface area contributed by atoms with E-state index in [1.165, 1.54) is 12.1 Å². The molecule has 0 aliphatic heterocycles. The summed E-state index contributed by atoms with van der Waals surface area (Å²) in [5.74, 6) is -0.181. The number of carbonyl (C=O) groups excluding carboxylic acids is 1. The third-order valence-electron chi connectivity index (χ3n) is 4.80. The Kier molecular flexibility index (Phi) is 5.42. The molecule has 0 unspecified atom stereocenters. The maximum absolute atomic E-state index is 12.4. The van der Waals surface area contributed by atoms with Crippen LogP contribution in [0.4, 0.5) is 0 Å². The van der Waals surface area contributed by atoms with Crippen molar-refractivity contribution in [2.45, 2.75) is 30.8 Å². The minimum atomic E-state index is -3.25. The fraction of sp³-hybridized carbons (Fsp3) is 0.300. The van der Waals surface area contributed by atoms with Gasteiger partial charge in [0.15, 0.2) is 9.84 Å². The van der Waals surface area contributed by atoms with Crippen molar-refractivity contribution in [2.24, 2.45) is 7.05 Å². The quantitative estimate of drug-likeness (QED) is 0.684. The molecule has 3 rings (SSSR count). The number of rotatable bonds is 6. The van der Waals surface area contributed by atoms with E-state index in [0.29, 0.717) is 0 Å². The molecule has 0 saturated heterocycles. The number of fused-ring (bicyclic) bond motifs is 1. The highest BCUT2D eigenvalue weighted by atomic mass is 32.2. The van der Waals surface area contributed by atoms with Crippen LogP contribution in [-0.4, -0.2) is 29.7 Å². The van der Waals surface area contributed by atoms with Crippen molar-refractivity contribution in [2.75, 3.05) is 6.26 Å². The first kappa shape index (κ1) is 19.9. The van der Waals surface area contributed by atoms with Crippen LogP contribution in [-0.2, 0) is 28.2 Å². The second kappa shape index (κ2) is 7.63. The first-order valence-corrected chi connectivity index (χ1v) is 10.8. The van der Waals surface area contributed by atoms with Gasteiger partial charge >= 0.3 is 5.69 Å². The average molecular weight is 401 g/mol. The van der Waals surface area contributed by atoms with Gasteiger partial charge < -0.3 is 5.32 Å². The van der Waals surface area contributed by atoms with Gasteiger partial charge in [-0.3, -0.25) is 13.9 Å². The molecule has 0 aliphatic rings. The largest absolute Gasteiger partial charge is 0.350 e. The fourth-order valence-corrected chi connectivity index (χ4v) is 3.82. The van der Waals surface area contributed by atoms with Crippen molar-refractivity contribution in [3.63, 3.8) is 0 Å². The van der Waals surface area contributed by atoms with E-state index in [2.05, 4.69) is 5.32 Å². The summed E-state index contributed by atoms with van der Waals surface area (Å²) in [6.45, 7) is 2.11. The van der Waals surface area contributed by atoms with E-state index in [1.807, 2.05) is 31.2 Å². The summed E-state index contributed by atoms with van der Waals surface area (Å²) in [6.07, 6.45) is 1.32. The number of carbonyl (C=O) groups is 1. The summed E-state index contributed by atoms with van der Waals surface area (Å²) in [7, 11) is -1.54. The minimum absolute atomic E-state index is 0.154. The summed E-state index contributed by atoms with van der Waals surface area (Å²) in [6, 6.07) is 13.6. The molecule has 7 nitrogen and oxygen atoms in total. The lowest BCUT2D eigenvalue weighted by atomic mass is 10.1. The average Bonchev–Trinajstić information content (AvgIpc) is 2.90. The van der Waals surface area contributed by atoms with Crippen LogP contribution in [0, 0.1) is 0 Å². The lowest BCUT2D eigenvalue weighted by molar-refractivity contribution is -0.121. The van der Waals surface area contributed by atoms with Gasteiger partial charge in [-0.1, -0.05) is 24.3 Å². The maximum atomic E-state index is 12.4. The highest BCUT2D eigenvalue weighted by Crippen LogP contribution is 2.17. The first-order valence-electron chi connectivity index (χ1n) is 8.92. The van der Waals surface area contributed by atoms with E-state index >= 15 is 0 Å². The first-order chi connectivity index (χ1) is 13.2. The summed E-state index contributed by atoms with van der Waals surface area (Å²) in [5, 5.41) is 2.89. The Bertz CT molecular complexity index is 1170. The number of nitrogens with zero attached hydrogens (tertiary/aromatic N) is 2. The summed E-state index contributed by atoms with van der Waals surface area (Å²) in [4.78, 5) is 25.0. The molecule has 0 radical (unpaired) electrons. The smallest absolute Gasteiger partial charge is 0.328 e. The van der Waals surface area contributed by atoms with Gasteiger partial charge in [0.05, 0.1) is 22.0 Å². The molecule has 1 atom stereocenters. The number of aromatic nitrogens is 2. The summed E-state index contributed by atoms with van der Waals surface area (Å²) in [5.41, 5.74) is 2.28. The number of para-hydroxylation sites is 2. The van der Waals surface area contributed by atoms with E-state index in [1.54, 1.807) is 28.3 Å². The van der Waals surface area contributed by atoms with Gasteiger partial charge in [0.2, 0.25) is 5.91 Å². The molecule has 28 heavy (non-hydrogen) atoms. The third-order valence-corrected chi connectivity index (χ3v) is 5.93. The van der Waals surface area contributed by atoms with Gasteiger partial charge in [-0.25, -0.2) is 13.2 Å². The number of hydrogen-bond donors (Lipinski definition) is 1. The van der Waals surface area contributed by atoms with Crippen molar-refractivity contribution >= 4 is 26.8 Å². The predicted octanol–water partition coefficient (Wildman–Crippen LogP) is 2.01. The van der Waals surface area contributed by atoms with Crippen molar-refractivity contribution in [3.05, 3.63) is 64.6 Å². The topological polar surface area (TPSA) is 90.2 Å². The summed E-state index contributed by atoms with van der Waals surface area (Å²) >= 11 is 0. The zero-order valence-electron chi connectivity index (χ0n) is 16.0. The van der Waals surface area contributed by atoms with E-state index in [0.717, 1.165) is 22.9 Å². The maximum Gasteiger partial charge on any atom is 0.328 e. The van der Waals surface area contributed by atoms with Crippen LogP contribution in [0.25, 0.3) is 11.0 Å². The zero-order valence-corrected chi connectivity index (χ0v) is 16.9. The van der Waals surface area contributed by atoms with E-state index in [4.69, 9.17) is 0 Å². The standard InChI is InChI=1S/C20H23N3O4S/c1-14(15-8-10-16(11-9-15)28(3,26)27)21-19(24)12-13-23-18-7-5-4-6-17(18)22(2)20(23)25/h4-11,14H,12-13H2,1-3H3,(H,21,24)/t14-/m1/s1. The lowest BCUT2D eigenvalue weighted by Gasteiger charge is -2.15. The molecule has 0 saturated carbocycles. The highest BCUT2D eigenvalue weighted by Gasteiger charge is 2.14. The molecule has 2 aromatic carbocycles. The van der Waals surface area contributed by atoms with E-state index < -0.39 is 9.84 Å². The molecule has 1 heterocycles. The molecule has 0 bridgehead atoms. The van der Waals surface area contributed by atoms with Gasteiger partial charge in [-0.2, -0.15) is 0 Å². The van der Waals surface area contributed by atoms with Crippen LogP contribution in [0.15, 0.2) is 58.2 Å². The Hall–Kier alpha value is -2.87. The Labute approximate surface area is 163 Å². The van der Waals surface area contributed by atoms with Crippen LogP contribution < -0.4 is 11.0 Å². The number of nitrogens with one attached hydrogen (secondary N) is 1. The Morgan fingerprint density at radius 1 is 1.07 bits per heavy atom. The molecule has 1 aromatic heterocycles. The molecule has 8 heteroatoms. The van der Waals surface area contributed by atoms with Gasteiger partial charge in [0.1, 0.15) is 0 Å². The molecule has 1 amide bonds. The number of benzene rings is 2. The fourth-order valence-electron chi connectivity index (χ4n) is 3.19. The van der Waals surface area contributed by atoms with Gasteiger partial charge in [0.25, 0.3) is 0 Å². The second-order valence-electron chi connectivity index (χ2n) is 6.86. The molecule has 3 aromatic rings. The number of sulfone groups is 1. The number of aryl methyl sites for hydroxylation is 2. The van der Waals surface area contributed by atoms with Gasteiger partial charge in [0, 0.05) is 26.3 Å². The Morgan fingerprint density at radius 2 is 1.68 bits per heavy atom. The van der Waals surface area contributed by atoms with Crippen LogP contribution in [0.5, 0.6) is 0 Å². The van der Waals surface area contributed by atoms with Crippen molar-refractivity contribution < 1.29 is 13.2 Å². The monoisotopic (exact) mass is 401 g/mol. The Balaban J connectivity index is 1.66. The molecule has 0 spiro atoms. The van der Waals surface area contributed by atoms with Gasteiger partial charge in [-0.15, -0.1) is 0 Å². The highest BCUT2D eigenvalue weighted by molar-refractivity contribution is 7.90. The molecule has 0 aliphatic carbocycles. The van der Waals surface area contributed by atoms with Crippen molar-refractivity contribution in [3.8, 4) is 0 Å². The van der Waals surface area contributed by atoms with E-state index in [-0.39, 0.29) is 35.5 Å². The minimum Gasteiger partial charge on any atom is -0.350 e. The molecule has 148 valence electrons.